The minimum atomic E-state index is -0.495. The fourth-order valence-corrected chi connectivity index (χ4v) is 3.76. The highest BCUT2D eigenvalue weighted by Gasteiger charge is 2.19. The fourth-order valence-electron chi connectivity index (χ4n) is 2.56. The number of hydrogen-bond acceptors (Lipinski definition) is 5. The summed E-state index contributed by atoms with van der Waals surface area (Å²) in [6.45, 7) is 0.281. The Morgan fingerprint density at radius 3 is 2.60 bits per heavy atom. The van der Waals surface area contributed by atoms with Crippen molar-refractivity contribution in [3.8, 4) is 0 Å². The summed E-state index contributed by atoms with van der Waals surface area (Å²) in [5.74, 6) is 0. The Labute approximate surface area is 127 Å². The van der Waals surface area contributed by atoms with Gasteiger partial charge in [0.05, 0.1) is 6.54 Å². The summed E-state index contributed by atoms with van der Waals surface area (Å²) >= 11 is 4.58. The molecule has 8 heteroatoms. The van der Waals surface area contributed by atoms with E-state index >= 15 is 0 Å². The molecule has 106 valence electrons. The first-order valence-electron chi connectivity index (χ1n) is 6.44. The van der Waals surface area contributed by atoms with Gasteiger partial charge in [-0.25, -0.2) is 0 Å². The molecule has 0 bridgehead atoms. The maximum absolute atomic E-state index is 12.2. The van der Waals surface area contributed by atoms with E-state index in [1.807, 2.05) is 0 Å². The van der Waals surface area contributed by atoms with Crippen LogP contribution in [0.25, 0.3) is 0 Å². The first kappa shape index (κ1) is 13.7. The zero-order valence-corrected chi connectivity index (χ0v) is 13.1. The van der Waals surface area contributed by atoms with E-state index in [2.05, 4.69) is 26.1 Å². The molecule has 0 radical (unpaired) electrons. The SMILES string of the molecule is O=c1c(=O)n(C2CCCC2)ccn1Cc1nnc(Br)s1. The second-order valence-corrected chi connectivity index (χ2v) is 7.17. The molecule has 3 rings (SSSR count). The molecule has 2 aromatic heterocycles. The van der Waals surface area contributed by atoms with Crippen molar-refractivity contribution in [2.24, 2.45) is 0 Å². The van der Waals surface area contributed by atoms with Crippen LogP contribution in [-0.2, 0) is 6.54 Å². The van der Waals surface area contributed by atoms with E-state index in [9.17, 15) is 9.59 Å². The fraction of sp³-hybridized carbons (Fsp3) is 0.500. The second-order valence-electron chi connectivity index (χ2n) is 4.83. The molecule has 0 aliphatic heterocycles. The van der Waals surface area contributed by atoms with E-state index in [4.69, 9.17) is 0 Å². The van der Waals surface area contributed by atoms with E-state index in [0.29, 0.717) is 8.92 Å². The van der Waals surface area contributed by atoms with Crippen LogP contribution in [-0.4, -0.2) is 19.3 Å². The van der Waals surface area contributed by atoms with E-state index in [-0.39, 0.29) is 12.6 Å². The normalized spacial score (nSPS) is 15.8. The smallest absolute Gasteiger partial charge is 0.306 e. The van der Waals surface area contributed by atoms with Gasteiger partial charge in [0.1, 0.15) is 5.01 Å². The summed E-state index contributed by atoms with van der Waals surface area (Å²) in [4.78, 5) is 24.3. The third-order valence-corrected chi connectivity index (χ3v) is 4.89. The second kappa shape index (κ2) is 5.61. The summed E-state index contributed by atoms with van der Waals surface area (Å²) in [5.41, 5.74) is -0.936. The third kappa shape index (κ3) is 2.62. The first-order chi connectivity index (χ1) is 9.65. The van der Waals surface area contributed by atoms with Gasteiger partial charge >= 0.3 is 11.1 Å². The summed E-state index contributed by atoms with van der Waals surface area (Å²) < 4.78 is 3.64. The van der Waals surface area contributed by atoms with Gasteiger partial charge in [-0.15, -0.1) is 10.2 Å². The Morgan fingerprint density at radius 2 is 1.95 bits per heavy atom. The predicted octanol–water partition coefficient (Wildman–Crippen LogP) is 1.79. The molecule has 0 spiro atoms. The molecule has 1 aliphatic rings. The molecular formula is C12H13BrN4O2S. The maximum Gasteiger partial charge on any atom is 0.316 e. The van der Waals surface area contributed by atoms with Gasteiger partial charge in [-0.3, -0.25) is 9.59 Å². The maximum atomic E-state index is 12.2. The molecular weight excluding hydrogens is 344 g/mol. The van der Waals surface area contributed by atoms with Gasteiger partial charge in [-0.1, -0.05) is 24.2 Å². The summed E-state index contributed by atoms with van der Waals surface area (Å²) in [7, 11) is 0. The van der Waals surface area contributed by atoms with Crippen molar-refractivity contribution >= 4 is 27.3 Å². The Bertz CT molecular complexity index is 730. The van der Waals surface area contributed by atoms with Crippen molar-refractivity contribution in [3.05, 3.63) is 42.0 Å². The number of hydrogen-bond donors (Lipinski definition) is 0. The van der Waals surface area contributed by atoms with Gasteiger partial charge < -0.3 is 9.13 Å². The molecule has 0 aromatic carbocycles. The number of rotatable bonds is 3. The monoisotopic (exact) mass is 356 g/mol. The first-order valence-corrected chi connectivity index (χ1v) is 8.05. The van der Waals surface area contributed by atoms with Gasteiger partial charge in [0.2, 0.25) is 0 Å². The molecule has 20 heavy (non-hydrogen) atoms. The van der Waals surface area contributed by atoms with Crippen molar-refractivity contribution < 1.29 is 0 Å². The lowest BCUT2D eigenvalue weighted by molar-refractivity contribution is 0.488. The topological polar surface area (TPSA) is 69.8 Å². The van der Waals surface area contributed by atoms with Crippen molar-refractivity contribution in [1.29, 1.82) is 0 Å². The lowest BCUT2D eigenvalue weighted by atomic mass is 10.2. The van der Waals surface area contributed by atoms with Crippen LogP contribution in [0.3, 0.4) is 0 Å². The van der Waals surface area contributed by atoms with Crippen LogP contribution in [0, 0.1) is 0 Å². The predicted molar refractivity (Wildman–Crippen MR) is 79.2 cm³/mol. The Kier molecular flexibility index (Phi) is 3.84. The van der Waals surface area contributed by atoms with Gasteiger partial charge in [-0.2, -0.15) is 0 Å². The highest BCUT2D eigenvalue weighted by molar-refractivity contribution is 9.11. The lowest BCUT2D eigenvalue weighted by Gasteiger charge is -2.13. The largest absolute Gasteiger partial charge is 0.316 e. The zero-order valence-electron chi connectivity index (χ0n) is 10.7. The van der Waals surface area contributed by atoms with E-state index in [1.54, 1.807) is 17.0 Å². The molecule has 1 aliphatic carbocycles. The molecule has 0 atom stereocenters. The van der Waals surface area contributed by atoms with E-state index in [0.717, 1.165) is 25.7 Å². The van der Waals surface area contributed by atoms with Gasteiger partial charge in [-0.05, 0) is 28.8 Å². The van der Waals surface area contributed by atoms with Crippen molar-refractivity contribution in [1.82, 2.24) is 19.3 Å². The lowest BCUT2D eigenvalue weighted by Crippen LogP contribution is -2.41. The van der Waals surface area contributed by atoms with Crippen LogP contribution in [0.1, 0.15) is 36.7 Å². The molecule has 2 aromatic rings. The molecule has 0 amide bonds. The molecule has 0 saturated heterocycles. The van der Waals surface area contributed by atoms with Crippen LogP contribution >= 0.6 is 27.3 Å². The van der Waals surface area contributed by atoms with Crippen LogP contribution in [0.2, 0.25) is 0 Å². The third-order valence-electron chi connectivity index (χ3n) is 3.55. The number of nitrogens with zero attached hydrogens (tertiary/aromatic N) is 4. The van der Waals surface area contributed by atoms with Crippen LogP contribution < -0.4 is 11.1 Å². The van der Waals surface area contributed by atoms with Gasteiger partial charge in [0.15, 0.2) is 3.92 Å². The Hall–Kier alpha value is -1.28. The summed E-state index contributed by atoms with van der Waals surface area (Å²) in [6, 6.07) is 0.181. The van der Waals surface area contributed by atoms with Crippen molar-refractivity contribution in [2.75, 3.05) is 0 Å². The minimum absolute atomic E-state index is 0.181. The molecule has 1 saturated carbocycles. The van der Waals surface area contributed by atoms with Crippen LogP contribution in [0.4, 0.5) is 0 Å². The average molecular weight is 357 g/mol. The van der Waals surface area contributed by atoms with Crippen LogP contribution in [0.5, 0.6) is 0 Å². The highest BCUT2D eigenvalue weighted by Crippen LogP contribution is 2.27. The van der Waals surface area contributed by atoms with Crippen molar-refractivity contribution in [3.63, 3.8) is 0 Å². The molecule has 1 fully saturated rings. The standard InChI is InChI=1S/C12H13BrN4O2S/c13-12-15-14-9(20-12)7-16-5-6-17(11(19)10(16)18)8-3-1-2-4-8/h5-6,8H,1-4,7H2. The number of halogens is 1. The highest BCUT2D eigenvalue weighted by atomic mass is 79.9. The molecule has 0 N–H and O–H groups in total. The average Bonchev–Trinajstić information content (AvgIpc) is 3.07. The Morgan fingerprint density at radius 1 is 1.20 bits per heavy atom. The zero-order chi connectivity index (χ0) is 14.1. The molecule has 0 unspecified atom stereocenters. The van der Waals surface area contributed by atoms with Gasteiger partial charge in [0.25, 0.3) is 0 Å². The van der Waals surface area contributed by atoms with E-state index in [1.165, 1.54) is 15.9 Å². The quantitative estimate of drug-likeness (QED) is 0.786. The van der Waals surface area contributed by atoms with Crippen LogP contribution in [0.15, 0.2) is 25.9 Å². The Balaban J connectivity index is 1.92. The number of aromatic nitrogens is 4. The van der Waals surface area contributed by atoms with E-state index < -0.39 is 11.1 Å². The molecule has 2 heterocycles. The summed E-state index contributed by atoms with van der Waals surface area (Å²) in [6.07, 6.45) is 7.59. The minimum Gasteiger partial charge on any atom is -0.306 e. The molecule has 6 nitrogen and oxygen atoms in total. The summed E-state index contributed by atoms with van der Waals surface area (Å²) in [5, 5.41) is 8.46. The van der Waals surface area contributed by atoms with Gasteiger partial charge in [0, 0.05) is 18.4 Å². The van der Waals surface area contributed by atoms with Crippen molar-refractivity contribution in [2.45, 2.75) is 38.3 Å².